The molecule has 0 fully saturated rings. The van der Waals surface area contributed by atoms with E-state index < -0.39 is 16.6 Å². The second kappa shape index (κ2) is 8.87. The van der Waals surface area contributed by atoms with E-state index in [9.17, 15) is 22.0 Å². The molecule has 0 bridgehead atoms. The number of carbonyl (C=O) groups excluding carboxylic acids is 1. The lowest BCUT2D eigenvalue weighted by Gasteiger charge is -2.19. The van der Waals surface area contributed by atoms with Crippen molar-refractivity contribution in [2.45, 2.75) is 13.2 Å². The first-order valence-corrected chi connectivity index (χ1v) is 9.93. The van der Waals surface area contributed by atoms with E-state index in [0.717, 1.165) is 6.26 Å². The van der Waals surface area contributed by atoms with Crippen LogP contribution in [0.2, 0.25) is 0 Å². The number of rotatable bonds is 8. The van der Waals surface area contributed by atoms with Crippen LogP contribution in [-0.2, 0) is 16.6 Å². The second-order valence-corrected chi connectivity index (χ2v) is 7.73. The van der Waals surface area contributed by atoms with Gasteiger partial charge in [-0.15, -0.1) is 0 Å². The summed E-state index contributed by atoms with van der Waals surface area (Å²) in [5.74, 6) is -0.322. The molecule has 0 aliphatic heterocycles. The van der Waals surface area contributed by atoms with E-state index in [1.54, 1.807) is 25.2 Å². The van der Waals surface area contributed by atoms with Gasteiger partial charge in [-0.05, 0) is 35.9 Å². The van der Waals surface area contributed by atoms with E-state index in [1.807, 2.05) is 0 Å². The molecule has 0 aliphatic rings. The predicted molar refractivity (Wildman–Crippen MR) is 100 cm³/mol. The Kier molecular flexibility index (Phi) is 6.79. The highest BCUT2D eigenvalue weighted by molar-refractivity contribution is 7.92. The third kappa shape index (κ3) is 6.08. The van der Waals surface area contributed by atoms with E-state index in [4.69, 9.17) is 4.74 Å². The Morgan fingerprint density at radius 1 is 1.18 bits per heavy atom. The molecule has 0 atom stereocenters. The molecule has 0 unspecified atom stereocenters. The summed E-state index contributed by atoms with van der Waals surface area (Å²) in [5.41, 5.74) is 1.21. The molecule has 0 radical (unpaired) electrons. The van der Waals surface area contributed by atoms with Crippen LogP contribution in [0.5, 0.6) is 11.5 Å². The molecular weight excluding hydrogens is 394 g/mol. The van der Waals surface area contributed by atoms with Gasteiger partial charge in [0.1, 0.15) is 0 Å². The standard InChI is InChI=1S/C18H20F2N2O5S/c1-22(11-12-7-8-15(27-18(19)20)16(9-12)26-2)17(23)13-5-4-6-14(10-13)21-28(3,24)25/h4-10,18,21H,11H2,1-3H3. The third-order valence-electron chi connectivity index (χ3n) is 3.62. The summed E-state index contributed by atoms with van der Waals surface area (Å²) in [7, 11) is -0.572. The SMILES string of the molecule is COc1cc(CN(C)C(=O)c2cccc(NS(C)(=O)=O)c2)ccc1OC(F)F. The summed E-state index contributed by atoms with van der Waals surface area (Å²) in [4.78, 5) is 14.0. The van der Waals surface area contributed by atoms with Crippen molar-refractivity contribution in [3.8, 4) is 11.5 Å². The van der Waals surface area contributed by atoms with Crippen LogP contribution in [-0.4, -0.2) is 46.2 Å². The summed E-state index contributed by atoms with van der Waals surface area (Å²) in [6, 6.07) is 10.5. The molecule has 0 spiro atoms. The number of anilines is 1. The quantitative estimate of drug-likeness (QED) is 0.718. The fourth-order valence-corrected chi connectivity index (χ4v) is 3.05. The van der Waals surface area contributed by atoms with Gasteiger partial charge in [-0.2, -0.15) is 8.78 Å². The Morgan fingerprint density at radius 3 is 2.50 bits per heavy atom. The van der Waals surface area contributed by atoms with Crippen LogP contribution in [0, 0.1) is 0 Å². The first kappa shape index (κ1) is 21.4. The number of methoxy groups -OCH3 is 1. The molecule has 152 valence electrons. The highest BCUT2D eigenvalue weighted by atomic mass is 32.2. The number of amides is 1. The van der Waals surface area contributed by atoms with Crippen molar-refractivity contribution in [3.05, 3.63) is 53.6 Å². The molecule has 2 aromatic rings. The van der Waals surface area contributed by atoms with Gasteiger partial charge >= 0.3 is 6.61 Å². The number of benzene rings is 2. The smallest absolute Gasteiger partial charge is 0.387 e. The largest absolute Gasteiger partial charge is 0.493 e. The number of ether oxygens (including phenoxy) is 2. The van der Waals surface area contributed by atoms with Gasteiger partial charge in [0.05, 0.1) is 13.4 Å². The van der Waals surface area contributed by atoms with Crippen molar-refractivity contribution < 1.29 is 31.5 Å². The Hall–Kier alpha value is -2.88. The van der Waals surface area contributed by atoms with Gasteiger partial charge in [0, 0.05) is 24.8 Å². The first-order chi connectivity index (χ1) is 13.1. The Labute approximate surface area is 161 Å². The zero-order valence-corrected chi connectivity index (χ0v) is 16.3. The van der Waals surface area contributed by atoms with Crippen LogP contribution in [0.1, 0.15) is 15.9 Å². The van der Waals surface area contributed by atoms with Crippen molar-refractivity contribution in [2.24, 2.45) is 0 Å². The number of hydrogen-bond acceptors (Lipinski definition) is 5. The van der Waals surface area contributed by atoms with Gasteiger partial charge in [-0.25, -0.2) is 8.42 Å². The summed E-state index contributed by atoms with van der Waals surface area (Å²) in [6.07, 6.45) is 1.02. The molecule has 2 rings (SSSR count). The molecule has 1 amide bonds. The number of hydrogen-bond donors (Lipinski definition) is 1. The molecule has 0 saturated heterocycles. The van der Waals surface area contributed by atoms with Crippen molar-refractivity contribution >= 4 is 21.6 Å². The van der Waals surface area contributed by atoms with E-state index in [-0.39, 0.29) is 29.6 Å². The van der Waals surface area contributed by atoms with Gasteiger partial charge in [-0.1, -0.05) is 12.1 Å². The van der Waals surface area contributed by atoms with Crippen LogP contribution in [0.3, 0.4) is 0 Å². The minimum absolute atomic E-state index is 0.102. The average molecular weight is 414 g/mol. The molecule has 0 aromatic heterocycles. The summed E-state index contributed by atoms with van der Waals surface area (Å²) >= 11 is 0. The van der Waals surface area contributed by atoms with E-state index in [1.165, 1.54) is 36.3 Å². The molecule has 10 heteroatoms. The number of halogens is 2. The molecule has 7 nitrogen and oxygen atoms in total. The summed E-state index contributed by atoms with van der Waals surface area (Å²) in [6.45, 7) is -2.80. The molecule has 0 heterocycles. The van der Waals surface area contributed by atoms with E-state index >= 15 is 0 Å². The van der Waals surface area contributed by atoms with E-state index in [2.05, 4.69) is 9.46 Å². The zero-order valence-electron chi connectivity index (χ0n) is 15.5. The molecule has 0 saturated carbocycles. The van der Waals surface area contributed by atoms with Crippen molar-refractivity contribution in [1.29, 1.82) is 0 Å². The highest BCUT2D eigenvalue weighted by Crippen LogP contribution is 2.30. The monoisotopic (exact) mass is 414 g/mol. The maximum Gasteiger partial charge on any atom is 0.387 e. The maximum absolute atomic E-state index is 12.6. The van der Waals surface area contributed by atoms with Crippen molar-refractivity contribution in [3.63, 3.8) is 0 Å². The van der Waals surface area contributed by atoms with Crippen LogP contribution in [0.4, 0.5) is 14.5 Å². The predicted octanol–water partition coefficient (Wildman–Crippen LogP) is 2.94. The van der Waals surface area contributed by atoms with Gasteiger partial charge in [0.2, 0.25) is 10.0 Å². The minimum Gasteiger partial charge on any atom is -0.493 e. The molecular formula is C18H20F2N2O5S. The van der Waals surface area contributed by atoms with Crippen molar-refractivity contribution in [1.82, 2.24) is 4.90 Å². The molecule has 0 aliphatic carbocycles. The van der Waals surface area contributed by atoms with Gasteiger partial charge < -0.3 is 14.4 Å². The fraction of sp³-hybridized carbons (Fsp3) is 0.278. The Bertz CT molecular complexity index is 951. The maximum atomic E-state index is 12.6. The molecule has 28 heavy (non-hydrogen) atoms. The topological polar surface area (TPSA) is 84.9 Å². The number of nitrogens with one attached hydrogen (secondary N) is 1. The molecule has 1 N–H and O–H groups in total. The second-order valence-electron chi connectivity index (χ2n) is 5.98. The van der Waals surface area contributed by atoms with Gasteiger partial charge in [0.25, 0.3) is 5.91 Å². The third-order valence-corrected chi connectivity index (χ3v) is 4.23. The highest BCUT2D eigenvalue weighted by Gasteiger charge is 2.16. The van der Waals surface area contributed by atoms with Gasteiger partial charge in [0.15, 0.2) is 11.5 Å². The number of nitrogens with zero attached hydrogens (tertiary/aromatic N) is 1. The Morgan fingerprint density at radius 2 is 1.89 bits per heavy atom. The van der Waals surface area contributed by atoms with Crippen LogP contribution in [0.25, 0.3) is 0 Å². The van der Waals surface area contributed by atoms with Crippen LogP contribution < -0.4 is 14.2 Å². The number of sulfonamides is 1. The van der Waals surface area contributed by atoms with Gasteiger partial charge in [-0.3, -0.25) is 9.52 Å². The first-order valence-electron chi connectivity index (χ1n) is 8.04. The average Bonchev–Trinajstić information content (AvgIpc) is 2.60. The van der Waals surface area contributed by atoms with Crippen molar-refractivity contribution in [2.75, 3.05) is 25.1 Å². The number of alkyl halides is 2. The zero-order chi connectivity index (χ0) is 20.9. The van der Waals surface area contributed by atoms with Crippen LogP contribution in [0.15, 0.2) is 42.5 Å². The normalized spacial score (nSPS) is 11.2. The molecule has 2 aromatic carbocycles. The fourth-order valence-electron chi connectivity index (χ4n) is 2.50. The van der Waals surface area contributed by atoms with Crippen LogP contribution >= 0.6 is 0 Å². The van der Waals surface area contributed by atoms with E-state index in [0.29, 0.717) is 11.1 Å². The lowest BCUT2D eigenvalue weighted by atomic mass is 10.1. The number of carbonyl (C=O) groups is 1. The minimum atomic E-state index is -3.46. The Balaban J connectivity index is 2.15. The lowest BCUT2D eigenvalue weighted by Crippen LogP contribution is -2.26. The summed E-state index contributed by atoms with van der Waals surface area (Å²) < 4.78 is 59.2. The summed E-state index contributed by atoms with van der Waals surface area (Å²) in [5, 5.41) is 0. The lowest BCUT2D eigenvalue weighted by molar-refractivity contribution is -0.0512.